The van der Waals surface area contributed by atoms with Gasteiger partial charge in [-0.2, -0.15) is 21.7 Å². The Hall–Kier alpha value is -4.43. The van der Waals surface area contributed by atoms with Crippen molar-refractivity contribution in [2.75, 3.05) is 55.8 Å². The first-order valence-corrected chi connectivity index (χ1v) is 21.5. The fraction of sp³-hybridized carbons (Fsp3) is 0.548. The van der Waals surface area contributed by atoms with Gasteiger partial charge in [-0.1, -0.05) is 18.2 Å². The van der Waals surface area contributed by atoms with Crippen molar-refractivity contribution in [2.24, 2.45) is 0 Å². The number of ether oxygens (including phenoxy) is 3. The molecule has 0 saturated carbocycles. The molecule has 0 radical (unpaired) electrons. The molecule has 294 valence electrons. The topological polar surface area (TPSA) is 122 Å². The van der Waals surface area contributed by atoms with E-state index in [4.69, 9.17) is 29.2 Å². The third-order valence-electron chi connectivity index (χ3n) is 13.1. The molecule has 7 aliphatic heterocycles. The van der Waals surface area contributed by atoms with Gasteiger partial charge in [-0.05, 0) is 113 Å². The Morgan fingerprint density at radius 1 is 1.05 bits per heavy atom. The highest BCUT2D eigenvalue weighted by Crippen LogP contribution is 2.42. The highest BCUT2D eigenvalue weighted by Gasteiger charge is 2.45. The van der Waals surface area contributed by atoms with Crippen LogP contribution in [0.2, 0.25) is 0 Å². The Bertz CT molecular complexity index is 2200. The molecular weight excluding hydrogens is 734 g/mol. The zero-order valence-corrected chi connectivity index (χ0v) is 32.7. The Kier molecular flexibility index (Phi) is 9.11. The molecule has 3 unspecified atom stereocenters. The number of rotatable bonds is 4. The van der Waals surface area contributed by atoms with Gasteiger partial charge in [0.05, 0.1) is 23.1 Å². The second kappa shape index (κ2) is 14.2. The van der Waals surface area contributed by atoms with E-state index in [2.05, 4.69) is 15.1 Å². The standard InChI is InChI=1S/C42H48FN7O5S/c1-41-12-4-15-48(24-41)37-32-21-44-35(34(43)36(32)45-38(46-37)54-25-42-13-5-16-49(42)17-6-14-42)31-20-30(55-40(52)50-28-10-11-29(50)23-56-22-28)19-27-8-2-7-26(33(27)31)9-3-18-53-39(51)47-41/h2,7-8,19-21,28-29H,3-6,9-18,22-25H2,1H3,(H,47,51). The normalized spacial score (nSPS) is 26.0. The van der Waals surface area contributed by atoms with Crippen molar-refractivity contribution in [3.8, 4) is 23.0 Å². The van der Waals surface area contributed by atoms with Crippen LogP contribution in [0.1, 0.15) is 70.3 Å². The molecule has 14 heteroatoms. The molecule has 7 aliphatic rings. The number of halogens is 1. The van der Waals surface area contributed by atoms with Crippen LogP contribution < -0.4 is 19.7 Å². The van der Waals surface area contributed by atoms with Crippen molar-refractivity contribution >= 4 is 51.4 Å². The second-order valence-corrected chi connectivity index (χ2v) is 17.9. The number of nitrogens with one attached hydrogen (secondary N) is 1. The lowest BCUT2D eigenvalue weighted by molar-refractivity contribution is 0.107. The van der Waals surface area contributed by atoms with E-state index < -0.39 is 17.4 Å². The molecule has 12 nitrogen and oxygen atoms in total. The minimum atomic E-state index is -0.608. The third kappa shape index (κ3) is 6.36. The van der Waals surface area contributed by atoms with Gasteiger partial charge in [0.2, 0.25) is 0 Å². The van der Waals surface area contributed by atoms with Gasteiger partial charge in [-0.3, -0.25) is 9.88 Å². The highest BCUT2D eigenvalue weighted by atomic mass is 32.2. The molecule has 5 fully saturated rings. The summed E-state index contributed by atoms with van der Waals surface area (Å²) in [6.07, 6.45) is 9.78. The number of benzene rings is 2. The number of pyridine rings is 1. The maximum atomic E-state index is 17.6. The Morgan fingerprint density at radius 2 is 1.86 bits per heavy atom. The predicted octanol–water partition coefficient (Wildman–Crippen LogP) is 7.10. The van der Waals surface area contributed by atoms with Gasteiger partial charge in [0.15, 0.2) is 5.82 Å². The van der Waals surface area contributed by atoms with E-state index >= 15 is 4.39 Å². The zero-order chi connectivity index (χ0) is 38.0. The Morgan fingerprint density at radius 3 is 2.68 bits per heavy atom. The van der Waals surface area contributed by atoms with E-state index in [-0.39, 0.29) is 47.5 Å². The van der Waals surface area contributed by atoms with Crippen molar-refractivity contribution < 1.29 is 28.2 Å². The van der Waals surface area contributed by atoms with Gasteiger partial charge < -0.3 is 29.3 Å². The number of piperidine rings is 1. The van der Waals surface area contributed by atoms with Crippen LogP contribution in [0.4, 0.5) is 19.8 Å². The van der Waals surface area contributed by atoms with Crippen molar-refractivity contribution in [1.82, 2.24) is 30.1 Å². The number of carbonyl (C=O) groups excluding carboxylic acids is 2. The summed E-state index contributed by atoms with van der Waals surface area (Å²) in [4.78, 5) is 48.0. The number of alkyl carbamates (subject to hydrolysis) is 1. The molecule has 8 bridgehead atoms. The molecular formula is C42H48FN7O5S. The highest BCUT2D eigenvalue weighted by molar-refractivity contribution is 7.99. The summed E-state index contributed by atoms with van der Waals surface area (Å²) in [6, 6.07) is 9.93. The molecule has 11 rings (SSSR count). The third-order valence-corrected chi connectivity index (χ3v) is 14.3. The van der Waals surface area contributed by atoms with Gasteiger partial charge in [0, 0.05) is 48.4 Å². The molecule has 2 amide bonds. The molecule has 56 heavy (non-hydrogen) atoms. The van der Waals surface area contributed by atoms with E-state index in [1.807, 2.05) is 47.9 Å². The van der Waals surface area contributed by atoms with Crippen LogP contribution in [0.25, 0.3) is 32.9 Å². The smallest absolute Gasteiger partial charge is 0.415 e. The van der Waals surface area contributed by atoms with E-state index in [1.165, 1.54) is 0 Å². The van der Waals surface area contributed by atoms with Crippen molar-refractivity contribution in [3.05, 3.63) is 47.9 Å². The summed E-state index contributed by atoms with van der Waals surface area (Å²) >= 11 is 1.89. The summed E-state index contributed by atoms with van der Waals surface area (Å²) in [5, 5.41) is 5.17. The van der Waals surface area contributed by atoms with Crippen LogP contribution in [0, 0.1) is 5.82 Å². The monoisotopic (exact) mass is 781 g/mol. The van der Waals surface area contributed by atoms with Crippen LogP contribution in [0.5, 0.6) is 11.8 Å². The fourth-order valence-corrected chi connectivity index (χ4v) is 11.8. The number of thioether (sulfide) groups is 1. The number of aromatic nitrogens is 3. The van der Waals surface area contributed by atoms with Gasteiger partial charge in [-0.15, -0.1) is 0 Å². The first-order valence-electron chi connectivity index (χ1n) is 20.3. The maximum absolute atomic E-state index is 17.6. The number of hydrogen-bond donors (Lipinski definition) is 1. The molecule has 2 aromatic heterocycles. The maximum Gasteiger partial charge on any atom is 0.415 e. The molecule has 1 N–H and O–H groups in total. The van der Waals surface area contributed by atoms with Crippen LogP contribution in [-0.4, -0.2) is 111 Å². The number of hydrogen-bond acceptors (Lipinski definition) is 11. The quantitative estimate of drug-likeness (QED) is 0.228. The number of aryl methyl sites for hydroxylation is 1. The number of fused-ring (bicyclic) bond motifs is 9. The lowest BCUT2D eigenvalue weighted by Gasteiger charge is -2.41. The van der Waals surface area contributed by atoms with Crippen LogP contribution in [-0.2, 0) is 11.2 Å². The molecule has 2 aromatic carbocycles. The molecule has 5 saturated heterocycles. The van der Waals surface area contributed by atoms with E-state index in [0.717, 1.165) is 92.3 Å². The fourth-order valence-electron chi connectivity index (χ4n) is 10.4. The lowest BCUT2D eigenvalue weighted by atomic mass is 9.91. The van der Waals surface area contributed by atoms with Crippen LogP contribution >= 0.6 is 11.8 Å². The lowest BCUT2D eigenvalue weighted by Crippen LogP contribution is -2.57. The summed E-state index contributed by atoms with van der Waals surface area (Å²) < 4.78 is 36.0. The van der Waals surface area contributed by atoms with Crippen molar-refractivity contribution in [3.63, 3.8) is 0 Å². The van der Waals surface area contributed by atoms with E-state index in [1.54, 1.807) is 12.3 Å². The second-order valence-electron chi connectivity index (χ2n) is 16.9. The summed E-state index contributed by atoms with van der Waals surface area (Å²) in [5.74, 6) is 2.06. The molecule has 3 atom stereocenters. The van der Waals surface area contributed by atoms with Crippen LogP contribution in [0.15, 0.2) is 36.5 Å². The zero-order valence-electron chi connectivity index (χ0n) is 31.9. The number of anilines is 1. The predicted molar refractivity (Wildman–Crippen MR) is 213 cm³/mol. The molecule has 0 aliphatic carbocycles. The van der Waals surface area contributed by atoms with Crippen molar-refractivity contribution in [1.29, 1.82) is 0 Å². The minimum absolute atomic E-state index is 0.0551. The summed E-state index contributed by atoms with van der Waals surface area (Å²) in [5.41, 5.74) is 0.995. The number of amides is 2. The van der Waals surface area contributed by atoms with Gasteiger partial charge in [0.25, 0.3) is 0 Å². The number of carbonyl (C=O) groups is 2. The largest absolute Gasteiger partial charge is 0.461 e. The number of nitrogens with zero attached hydrogens (tertiary/aromatic N) is 6. The van der Waals surface area contributed by atoms with Gasteiger partial charge in [-0.25, -0.2) is 14.0 Å². The summed E-state index contributed by atoms with van der Waals surface area (Å²) in [7, 11) is 0. The SMILES string of the molecule is CC12CCCN(C1)c1nc(OCC34CCCN3CCC4)nc3c(F)c(ncc13)-c1cc(OC(=O)N3C4CCC3CSC4)cc3cccc(c13)CCCOC(=O)N2. The first-order chi connectivity index (χ1) is 27.3. The van der Waals surface area contributed by atoms with Gasteiger partial charge >= 0.3 is 18.2 Å². The average Bonchev–Trinajstić information content (AvgIpc) is 3.85. The Labute approximate surface area is 329 Å². The van der Waals surface area contributed by atoms with E-state index in [9.17, 15) is 9.59 Å². The Balaban J connectivity index is 1.11. The average molecular weight is 782 g/mol. The van der Waals surface area contributed by atoms with E-state index in [0.29, 0.717) is 55.1 Å². The van der Waals surface area contributed by atoms with Crippen molar-refractivity contribution in [2.45, 2.75) is 94.3 Å². The molecule has 4 aromatic rings. The molecule has 9 heterocycles. The van der Waals surface area contributed by atoms with Crippen LogP contribution in [0.3, 0.4) is 0 Å². The summed E-state index contributed by atoms with van der Waals surface area (Å²) in [6.45, 7) is 5.86. The molecule has 0 spiro atoms. The minimum Gasteiger partial charge on any atom is -0.461 e. The van der Waals surface area contributed by atoms with Gasteiger partial charge in [0.1, 0.15) is 29.4 Å². The first kappa shape index (κ1) is 35.9.